The Hall–Kier alpha value is -3.51. The summed E-state index contributed by atoms with van der Waals surface area (Å²) in [7, 11) is 0. The largest absolute Gasteiger partial charge is 0.478 e. The molecule has 3 aromatic rings. The minimum atomic E-state index is -0.927. The molecular formula is C25H23N3O2S. The Balaban J connectivity index is 1.60. The highest BCUT2D eigenvalue weighted by atomic mass is 32.1. The number of anilines is 1. The van der Waals surface area contributed by atoms with Crippen LogP contribution in [-0.2, 0) is 19.5 Å². The van der Waals surface area contributed by atoms with Gasteiger partial charge in [0.1, 0.15) is 0 Å². The van der Waals surface area contributed by atoms with Crippen LogP contribution in [-0.4, -0.2) is 21.0 Å². The lowest BCUT2D eigenvalue weighted by atomic mass is 10.1. The van der Waals surface area contributed by atoms with Crippen molar-refractivity contribution >= 4 is 23.3 Å². The fraction of sp³-hybridized carbons (Fsp3) is 0.160. The third kappa shape index (κ3) is 5.77. The second-order valence-corrected chi connectivity index (χ2v) is 8.30. The number of aromatic carboxylic acids is 1. The van der Waals surface area contributed by atoms with Crippen molar-refractivity contribution in [3.8, 4) is 0 Å². The van der Waals surface area contributed by atoms with Crippen LogP contribution in [0.15, 0.2) is 90.0 Å². The molecule has 1 aromatic carbocycles. The van der Waals surface area contributed by atoms with E-state index in [1.54, 1.807) is 35.7 Å². The summed E-state index contributed by atoms with van der Waals surface area (Å²) in [6.45, 7) is 1.18. The number of carboxylic acid groups (broad SMARTS) is 1. The van der Waals surface area contributed by atoms with E-state index >= 15 is 0 Å². The first-order chi connectivity index (χ1) is 15.2. The van der Waals surface area contributed by atoms with Gasteiger partial charge in [-0.05, 0) is 47.2 Å². The zero-order valence-corrected chi connectivity index (χ0v) is 17.8. The molecule has 0 unspecified atom stereocenters. The van der Waals surface area contributed by atoms with Gasteiger partial charge in [0.2, 0.25) is 5.95 Å². The van der Waals surface area contributed by atoms with Gasteiger partial charge in [0.15, 0.2) is 0 Å². The highest BCUT2D eigenvalue weighted by Crippen LogP contribution is 2.21. The van der Waals surface area contributed by atoms with Crippen LogP contribution in [0.4, 0.5) is 5.95 Å². The number of nitrogens with zero attached hydrogens (tertiary/aromatic N) is 3. The fourth-order valence-corrected chi connectivity index (χ4v) is 4.13. The Kier molecular flexibility index (Phi) is 6.69. The normalized spacial score (nSPS) is 13.0. The summed E-state index contributed by atoms with van der Waals surface area (Å²) in [6, 6.07) is 13.1. The van der Waals surface area contributed by atoms with E-state index in [0.717, 1.165) is 24.1 Å². The number of carboxylic acids is 1. The first-order valence-electron chi connectivity index (χ1n) is 10.1. The van der Waals surface area contributed by atoms with Crippen LogP contribution in [0.5, 0.6) is 0 Å². The Labute approximate surface area is 185 Å². The Morgan fingerprint density at radius 1 is 1.13 bits per heavy atom. The van der Waals surface area contributed by atoms with Gasteiger partial charge in [-0.25, -0.2) is 14.8 Å². The van der Waals surface area contributed by atoms with Crippen LogP contribution in [0.25, 0.3) is 0 Å². The molecule has 0 spiro atoms. The molecule has 1 aliphatic carbocycles. The van der Waals surface area contributed by atoms with Crippen LogP contribution < -0.4 is 4.90 Å². The predicted molar refractivity (Wildman–Crippen MR) is 124 cm³/mol. The zero-order chi connectivity index (χ0) is 21.5. The Bertz CT molecular complexity index is 1130. The molecule has 2 aromatic heterocycles. The molecule has 0 atom stereocenters. The zero-order valence-electron chi connectivity index (χ0n) is 17.0. The van der Waals surface area contributed by atoms with Crippen molar-refractivity contribution in [3.63, 3.8) is 0 Å². The molecule has 2 heterocycles. The summed E-state index contributed by atoms with van der Waals surface area (Å²) in [6.07, 6.45) is 14.0. The van der Waals surface area contributed by atoms with Gasteiger partial charge in [-0.3, -0.25) is 0 Å². The maximum absolute atomic E-state index is 11.4. The van der Waals surface area contributed by atoms with E-state index in [1.807, 2.05) is 18.2 Å². The van der Waals surface area contributed by atoms with Crippen LogP contribution in [0.1, 0.15) is 32.9 Å². The van der Waals surface area contributed by atoms with Crippen molar-refractivity contribution in [1.82, 2.24) is 9.97 Å². The van der Waals surface area contributed by atoms with Crippen LogP contribution in [0.2, 0.25) is 0 Å². The maximum atomic E-state index is 11.4. The van der Waals surface area contributed by atoms with Crippen molar-refractivity contribution in [3.05, 3.63) is 112 Å². The van der Waals surface area contributed by atoms with Crippen molar-refractivity contribution in [2.24, 2.45) is 0 Å². The summed E-state index contributed by atoms with van der Waals surface area (Å²) in [5.74, 6) is -0.285. The highest BCUT2D eigenvalue weighted by molar-refractivity contribution is 7.09. The van der Waals surface area contributed by atoms with Crippen molar-refractivity contribution in [1.29, 1.82) is 0 Å². The summed E-state index contributed by atoms with van der Waals surface area (Å²) in [5, 5.41) is 11.4. The topological polar surface area (TPSA) is 66.3 Å². The van der Waals surface area contributed by atoms with Gasteiger partial charge in [-0.15, -0.1) is 11.3 Å². The third-order valence-corrected chi connectivity index (χ3v) is 5.78. The van der Waals surface area contributed by atoms with E-state index in [4.69, 9.17) is 4.98 Å². The molecule has 31 heavy (non-hydrogen) atoms. The van der Waals surface area contributed by atoms with Crippen LogP contribution >= 0.6 is 11.3 Å². The van der Waals surface area contributed by atoms with Crippen LogP contribution in [0, 0.1) is 0 Å². The van der Waals surface area contributed by atoms with E-state index in [1.165, 1.54) is 10.5 Å². The smallest absolute Gasteiger partial charge is 0.335 e. The molecular weight excluding hydrogens is 406 g/mol. The van der Waals surface area contributed by atoms with Gasteiger partial charge < -0.3 is 10.0 Å². The first kappa shape index (κ1) is 20.8. The van der Waals surface area contributed by atoms with Crippen molar-refractivity contribution in [2.75, 3.05) is 4.90 Å². The fourth-order valence-electron chi connectivity index (χ4n) is 3.41. The number of aromatic nitrogens is 2. The lowest BCUT2D eigenvalue weighted by Gasteiger charge is -2.23. The molecule has 0 saturated heterocycles. The van der Waals surface area contributed by atoms with E-state index in [9.17, 15) is 9.90 Å². The van der Waals surface area contributed by atoms with Gasteiger partial charge in [0.05, 0.1) is 17.8 Å². The van der Waals surface area contributed by atoms with Gasteiger partial charge in [-0.2, -0.15) is 0 Å². The average molecular weight is 430 g/mol. The van der Waals surface area contributed by atoms with Gasteiger partial charge in [0.25, 0.3) is 0 Å². The molecule has 0 fully saturated rings. The molecule has 4 rings (SSSR count). The lowest BCUT2D eigenvalue weighted by molar-refractivity contribution is 0.0696. The standard InChI is InChI=1S/C25H23N3O2S/c29-24(30)21-10-5-9-20(15-21)17-28(18-23-11-6-14-31-23)25-26-13-12-22(27-25)16-19-7-3-1-2-4-8-19/h1-3,5-15H,4,16-18H2,(H,29,30). The molecule has 1 N–H and O–H groups in total. The Morgan fingerprint density at radius 3 is 2.90 bits per heavy atom. The van der Waals surface area contributed by atoms with Crippen LogP contribution in [0.3, 0.4) is 0 Å². The molecule has 0 bridgehead atoms. The monoisotopic (exact) mass is 429 g/mol. The number of hydrogen-bond acceptors (Lipinski definition) is 5. The summed E-state index contributed by atoms with van der Waals surface area (Å²) in [4.78, 5) is 24.0. The second-order valence-electron chi connectivity index (χ2n) is 7.27. The van der Waals surface area contributed by atoms with E-state index < -0.39 is 5.97 Å². The number of hydrogen-bond donors (Lipinski definition) is 1. The molecule has 0 radical (unpaired) electrons. The molecule has 6 heteroatoms. The SMILES string of the molecule is O=C(O)c1cccc(CN(Cc2cccs2)c2nccc(CC3=CCC=CC=C3)n2)c1. The molecule has 0 amide bonds. The predicted octanol–water partition coefficient (Wildman–Crippen LogP) is 5.43. The van der Waals surface area contributed by atoms with Gasteiger partial charge in [-0.1, -0.05) is 48.6 Å². The minimum absolute atomic E-state index is 0.281. The third-order valence-electron chi connectivity index (χ3n) is 4.92. The number of rotatable bonds is 8. The number of allylic oxidation sites excluding steroid dienone is 6. The molecule has 5 nitrogen and oxygen atoms in total. The Morgan fingerprint density at radius 2 is 2.06 bits per heavy atom. The number of carbonyl (C=O) groups is 1. The van der Waals surface area contributed by atoms with E-state index in [2.05, 4.69) is 51.7 Å². The van der Waals surface area contributed by atoms with Gasteiger partial charge >= 0.3 is 5.97 Å². The first-order valence-corrected chi connectivity index (χ1v) is 11.0. The average Bonchev–Trinajstić information content (AvgIpc) is 3.16. The summed E-state index contributed by atoms with van der Waals surface area (Å²) in [5.41, 5.74) is 3.38. The number of benzene rings is 1. The van der Waals surface area contributed by atoms with Crippen molar-refractivity contribution in [2.45, 2.75) is 25.9 Å². The van der Waals surface area contributed by atoms with E-state index in [0.29, 0.717) is 19.0 Å². The maximum Gasteiger partial charge on any atom is 0.335 e. The minimum Gasteiger partial charge on any atom is -0.478 e. The quantitative estimate of drug-likeness (QED) is 0.517. The molecule has 1 aliphatic rings. The highest BCUT2D eigenvalue weighted by Gasteiger charge is 2.14. The number of thiophene rings is 1. The van der Waals surface area contributed by atoms with E-state index in [-0.39, 0.29) is 5.56 Å². The summed E-state index contributed by atoms with van der Waals surface area (Å²) >= 11 is 1.68. The lowest BCUT2D eigenvalue weighted by Crippen LogP contribution is -2.24. The van der Waals surface area contributed by atoms with Gasteiger partial charge in [0, 0.05) is 24.0 Å². The summed E-state index contributed by atoms with van der Waals surface area (Å²) < 4.78 is 0. The molecule has 156 valence electrons. The molecule has 0 saturated carbocycles. The van der Waals surface area contributed by atoms with Crippen molar-refractivity contribution < 1.29 is 9.90 Å². The second kappa shape index (κ2) is 10.00. The molecule has 0 aliphatic heterocycles.